The lowest BCUT2D eigenvalue weighted by atomic mass is 10.1. The van der Waals surface area contributed by atoms with E-state index in [9.17, 15) is 0 Å². The van der Waals surface area contributed by atoms with Crippen molar-refractivity contribution >= 4 is 11.8 Å². The Morgan fingerprint density at radius 1 is 1.20 bits per heavy atom. The smallest absolute Gasteiger partial charge is 0.225 e. The van der Waals surface area contributed by atoms with Crippen molar-refractivity contribution in [3.05, 3.63) is 36.4 Å². The van der Waals surface area contributed by atoms with Gasteiger partial charge in [0.05, 0.1) is 12.3 Å². The molecule has 2 aromatic rings. The van der Waals surface area contributed by atoms with Crippen LogP contribution in [0.4, 0.5) is 11.8 Å². The Morgan fingerprint density at radius 3 is 2.60 bits per heavy atom. The van der Waals surface area contributed by atoms with Gasteiger partial charge in [0.2, 0.25) is 5.95 Å². The Balaban J connectivity index is 2.35. The topological polar surface area (TPSA) is 70.1 Å². The summed E-state index contributed by atoms with van der Waals surface area (Å²) in [5.41, 5.74) is 1.89. The summed E-state index contributed by atoms with van der Waals surface area (Å²) in [4.78, 5) is 8.89. The van der Waals surface area contributed by atoms with Crippen LogP contribution in [0.1, 0.15) is 13.8 Å². The van der Waals surface area contributed by atoms with Crippen molar-refractivity contribution in [1.29, 1.82) is 0 Å². The van der Waals surface area contributed by atoms with Gasteiger partial charge in [-0.2, -0.15) is 4.98 Å². The third kappa shape index (κ3) is 3.68. The van der Waals surface area contributed by atoms with E-state index in [4.69, 9.17) is 5.11 Å². The van der Waals surface area contributed by atoms with Crippen LogP contribution in [-0.4, -0.2) is 34.3 Å². The highest BCUT2D eigenvalue weighted by Crippen LogP contribution is 2.21. The van der Waals surface area contributed by atoms with Crippen LogP contribution in [0, 0.1) is 0 Å². The number of aliphatic hydroxyl groups is 1. The number of anilines is 2. The number of aliphatic hydroxyl groups excluding tert-OH is 1. The van der Waals surface area contributed by atoms with Gasteiger partial charge in [0.1, 0.15) is 5.82 Å². The molecule has 1 aromatic heterocycles. The Kier molecular flexibility index (Phi) is 4.90. The molecule has 0 aliphatic rings. The van der Waals surface area contributed by atoms with Crippen LogP contribution in [0.15, 0.2) is 36.4 Å². The molecule has 0 aliphatic heterocycles. The molecule has 1 atom stereocenters. The van der Waals surface area contributed by atoms with Gasteiger partial charge in [-0.1, -0.05) is 30.3 Å². The lowest BCUT2D eigenvalue weighted by Crippen LogP contribution is -2.21. The molecule has 0 radical (unpaired) electrons. The molecule has 0 fully saturated rings. The fraction of sp³-hybridized carbons (Fsp3) is 0.333. The summed E-state index contributed by atoms with van der Waals surface area (Å²) >= 11 is 0. The zero-order valence-electron chi connectivity index (χ0n) is 11.8. The Hall–Kier alpha value is -2.14. The van der Waals surface area contributed by atoms with E-state index in [0.29, 0.717) is 5.95 Å². The van der Waals surface area contributed by atoms with E-state index in [0.717, 1.165) is 23.6 Å². The lowest BCUT2D eigenvalue weighted by molar-refractivity contribution is 0.281. The van der Waals surface area contributed by atoms with Gasteiger partial charge >= 0.3 is 0 Å². The van der Waals surface area contributed by atoms with Crippen molar-refractivity contribution in [2.45, 2.75) is 19.9 Å². The minimum Gasteiger partial charge on any atom is -0.394 e. The molecule has 1 heterocycles. The maximum absolute atomic E-state index is 9.12. The highest BCUT2D eigenvalue weighted by molar-refractivity contribution is 5.64. The van der Waals surface area contributed by atoms with Crippen LogP contribution in [-0.2, 0) is 0 Å². The normalized spacial score (nSPS) is 11.9. The first-order valence-electron chi connectivity index (χ1n) is 6.78. The second-order valence-electron chi connectivity index (χ2n) is 4.59. The minimum absolute atomic E-state index is 0.0372. The monoisotopic (exact) mass is 272 g/mol. The van der Waals surface area contributed by atoms with Crippen molar-refractivity contribution in [1.82, 2.24) is 9.97 Å². The van der Waals surface area contributed by atoms with Crippen molar-refractivity contribution in [3.8, 4) is 11.3 Å². The van der Waals surface area contributed by atoms with Crippen LogP contribution in [0.5, 0.6) is 0 Å². The number of hydrogen-bond acceptors (Lipinski definition) is 5. The zero-order valence-corrected chi connectivity index (χ0v) is 11.8. The van der Waals surface area contributed by atoms with Gasteiger partial charge in [0.25, 0.3) is 0 Å². The maximum atomic E-state index is 9.12. The van der Waals surface area contributed by atoms with Gasteiger partial charge in [-0.15, -0.1) is 0 Å². The van der Waals surface area contributed by atoms with E-state index in [1.807, 2.05) is 50.2 Å². The SMILES string of the molecule is CCNc1cc(-c2ccccc2)nc(N[C@@H](C)CO)n1. The van der Waals surface area contributed by atoms with E-state index < -0.39 is 0 Å². The molecule has 2 rings (SSSR count). The number of nitrogens with zero attached hydrogens (tertiary/aromatic N) is 2. The van der Waals surface area contributed by atoms with Crippen molar-refractivity contribution in [3.63, 3.8) is 0 Å². The summed E-state index contributed by atoms with van der Waals surface area (Å²) < 4.78 is 0. The van der Waals surface area contributed by atoms with Crippen LogP contribution < -0.4 is 10.6 Å². The first kappa shape index (κ1) is 14.3. The molecule has 1 aromatic carbocycles. The molecule has 0 bridgehead atoms. The Bertz CT molecular complexity index is 545. The second kappa shape index (κ2) is 6.86. The summed E-state index contributed by atoms with van der Waals surface area (Å²) in [6.45, 7) is 4.73. The summed E-state index contributed by atoms with van der Waals surface area (Å²) in [7, 11) is 0. The summed E-state index contributed by atoms with van der Waals surface area (Å²) in [5.74, 6) is 1.29. The third-order valence-electron chi connectivity index (χ3n) is 2.80. The van der Waals surface area contributed by atoms with Gasteiger partial charge in [0, 0.05) is 24.2 Å². The van der Waals surface area contributed by atoms with Gasteiger partial charge in [0.15, 0.2) is 0 Å². The quantitative estimate of drug-likeness (QED) is 0.753. The molecule has 0 spiro atoms. The summed E-state index contributed by atoms with van der Waals surface area (Å²) in [5, 5.41) is 15.4. The van der Waals surface area contributed by atoms with Gasteiger partial charge in [-0.3, -0.25) is 0 Å². The molecule has 0 unspecified atom stereocenters. The highest BCUT2D eigenvalue weighted by Gasteiger charge is 2.08. The van der Waals surface area contributed by atoms with Crippen molar-refractivity contribution in [2.75, 3.05) is 23.8 Å². The first-order chi connectivity index (χ1) is 9.72. The molecule has 0 aliphatic carbocycles. The van der Waals surface area contributed by atoms with Gasteiger partial charge < -0.3 is 15.7 Å². The van der Waals surface area contributed by atoms with Crippen LogP contribution in [0.3, 0.4) is 0 Å². The number of rotatable bonds is 6. The summed E-state index contributed by atoms with van der Waals surface area (Å²) in [6.07, 6.45) is 0. The zero-order chi connectivity index (χ0) is 14.4. The van der Waals surface area contributed by atoms with Crippen LogP contribution >= 0.6 is 0 Å². The molecule has 20 heavy (non-hydrogen) atoms. The average Bonchev–Trinajstić information content (AvgIpc) is 2.48. The van der Waals surface area contributed by atoms with Gasteiger partial charge in [-0.25, -0.2) is 4.98 Å². The molecular weight excluding hydrogens is 252 g/mol. The number of nitrogens with one attached hydrogen (secondary N) is 2. The molecule has 5 nitrogen and oxygen atoms in total. The Labute approximate surface area is 119 Å². The van der Waals surface area contributed by atoms with Crippen LogP contribution in [0.25, 0.3) is 11.3 Å². The summed E-state index contributed by atoms with van der Waals surface area (Å²) in [6, 6.07) is 11.8. The van der Waals surface area contributed by atoms with E-state index in [2.05, 4.69) is 20.6 Å². The molecule has 0 saturated heterocycles. The number of hydrogen-bond donors (Lipinski definition) is 3. The number of aromatic nitrogens is 2. The fourth-order valence-electron chi connectivity index (χ4n) is 1.81. The number of benzene rings is 1. The van der Waals surface area contributed by atoms with Gasteiger partial charge in [-0.05, 0) is 13.8 Å². The minimum atomic E-state index is -0.0875. The molecular formula is C15H20N4O. The molecule has 0 saturated carbocycles. The average molecular weight is 272 g/mol. The third-order valence-corrected chi connectivity index (χ3v) is 2.80. The lowest BCUT2D eigenvalue weighted by Gasteiger charge is -2.13. The van der Waals surface area contributed by atoms with E-state index in [1.54, 1.807) is 0 Å². The first-order valence-corrected chi connectivity index (χ1v) is 6.78. The molecule has 0 amide bonds. The van der Waals surface area contributed by atoms with E-state index in [-0.39, 0.29) is 12.6 Å². The van der Waals surface area contributed by atoms with E-state index >= 15 is 0 Å². The maximum Gasteiger partial charge on any atom is 0.225 e. The molecule has 5 heteroatoms. The van der Waals surface area contributed by atoms with Crippen molar-refractivity contribution in [2.24, 2.45) is 0 Å². The molecule has 3 N–H and O–H groups in total. The molecule has 106 valence electrons. The second-order valence-corrected chi connectivity index (χ2v) is 4.59. The fourth-order valence-corrected chi connectivity index (χ4v) is 1.81. The standard InChI is InChI=1S/C15H20N4O/c1-3-16-14-9-13(12-7-5-4-6-8-12)18-15(19-14)17-11(2)10-20/h4-9,11,20H,3,10H2,1-2H3,(H2,16,17,18,19)/t11-/m0/s1. The highest BCUT2D eigenvalue weighted by atomic mass is 16.3. The predicted molar refractivity (Wildman–Crippen MR) is 81.8 cm³/mol. The predicted octanol–water partition coefficient (Wildman–Crippen LogP) is 2.37. The largest absolute Gasteiger partial charge is 0.394 e. The van der Waals surface area contributed by atoms with Crippen molar-refractivity contribution < 1.29 is 5.11 Å². The van der Waals surface area contributed by atoms with Crippen LogP contribution in [0.2, 0.25) is 0 Å². The van der Waals surface area contributed by atoms with E-state index in [1.165, 1.54) is 0 Å². The Morgan fingerprint density at radius 2 is 1.95 bits per heavy atom.